The van der Waals surface area contributed by atoms with Crippen molar-refractivity contribution in [1.29, 1.82) is 0 Å². The predicted molar refractivity (Wildman–Crippen MR) is 86.8 cm³/mol. The van der Waals surface area contributed by atoms with Crippen LogP contribution in [-0.2, 0) is 0 Å². The minimum absolute atomic E-state index is 0.230. The highest BCUT2D eigenvalue weighted by Crippen LogP contribution is 2.38. The van der Waals surface area contributed by atoms with Gasteiger partial charge in [0.2, 0.25) is 0 Å². The molecule has 5 nitrogen and oxygen atoms in total. The molecule has 0 saturated heterocycles. The molecule has 0 atom stereocenters. The van der Waals surface area contributed by atoms with Crippen molar-refractivity contribution in [2.75, 3.05) is 5.32 Å². The van der Waals surface area contributed by atoms with Gasteiger partial charge >= 0.3 is 6.61 Å². The Hall–Kier alpha value is -3.43. The summed E-state index contributed by atoms with van der Waals surface area (Å²) in [4.78, 5) is 4.17. The van der Waals surface area contributed by atoms with Crippen molar-refractivity contribution in [3.8, 4) is 17.0 Å². The number of benzene rings is 2. The number of hydrogen-bond acceptors (Lipinski definition) is 4. The number of nitrogens with one attached hydrogen (secondary N) is 2. The van der Waals surface area contributed by atoms with Crippen molar-refractivity contribution in [3.63, 3.8) is 0 Å². The van der Waals surface area contributed by atoms with Crippen molar-refractivity contribution in [3.05, 3.63) is 59.5 Å². The van der Waals surface area contributed by atoms with Gasteiger partial charge in [-0.1, -0.05) is 0 Å². The first-order chi connectivity index (χ1) is 12.9. The number of aromatic amines is 1. The van der Waals surface area contributed by atoms with Gasteiger partial charge in [-0.2, -0.15) is 13.9 Å². The van der Waals surface area contributed by atoms with Gasteiger partial charge in [-0.3, -0.25) is 5.10 Å². The first-order valence-electron chi connectivity index (χ1n) is 7.55. The third kappa shape index (κ3) is 3.09. The number of alkyl halides is 2. The van der Waals surface area contributed by atoms with Crippen LogP contribution >= 0.6 is 0 Å². The second-order valence-electron chi connectivity index (χ2n) is 5.55. The molecule has 2 N–H and O–H groups in total. The van der Waals surface area contributed by atoms with Crippen molar-refractivity contribution in [1.82, 2.24) is 10.2 Å². The minimum atomic E-state index is -3.22. The van der Waals surface area contributed by atoms with E-state index in [2.05, 4.69) is 25.2 Å². The number of ether oxygens (including phenoxy) is 1. The monoisotopic (exact) mass is 380 g/mol. The van der Waals surface area contributed by atoms with Crippen molar-refractivity contribution in [2.24, 2.45) is 4.99 Å². The lowest BCUT2D eigenvalue weighted by atomic mass is 10.1. The van der Waals surface area contributed by atoms with Crippen LogP contribution in [-0.4, -0.2) is 22.6 Å². The first-order valence-corrected chi connectivity index (χ1v) is 7.55. The zero-order valence-corrected chi connectivity index (χ0v) is 13.2. The second-order valence-corrected chi connectivity index (χ2v) is 5.55. The molecule has 10 heteroatoms. The van der Waals surface area contributed by atoms with E-state index in [1.807, 2.05) is 0 Å². The molecule has 3 aromatic rings. The molecule has 1 aliphatic heterocycles. The summed E-state index contributed by atoms with van der Waals surface area (Å²) in [5.74, 6) is -3.75. The lowest BCUT2D eigenvalue weighted by Gasteiger charge is -2.12. The van der Waals surface area contributed by atoms with E-state index in [1.165, 1.54) is 18.3 Å². The Morgan fingerprint density at radius 1 is 1.00 bits per heavy atom. The number of aliphatic imine (C=N–C) groups is 1. The van der Waals surface area contributed by atoms with Crippen molar-refractivity contribution >= 4 is 17.2 Å². The summed E-state index contributed by atoms with van der Waals surface area (Å²) in [7, 11) is 0. The van der Waals surface area contributed by atoms with Crippen LogP contribution < -0.4 is 10.1 Å². The lowest BCUT2D eigenvalue weighted by Crippen LogP contribution is -2.17. The molecule has 0 saturated carbocycles. The van der Waals surface area contributed by atoms with Crippen LogP contribution in [0.1, 0.15) is 5.56 Å². The van der Waals surface area contributed by atoms with Gasteiger partial charge < -0.3 is 10.1 Å². The molecule has 0 bridgehead atoms. The number of halogens is 5. The van der Waals surface area contributed by atoms with E-state index in [1.54, 1.807) is 0 Å². The Balaban J connectivity index is 1.87. The van der Waals surface area contributed by atoms with E-state index in [0.717, 1.165) is 6.07 Å². The summed E-state index contributed by atoms with van der Waals surface area (Å²) < 4.78 is 71.1. The number of amidine groups is 1. The van der Waals surface area contributed by atoms with Gasteiger partial charge in [0.1, 0.15) is 29.0 Å². The molecule has 0 aliphatic carbocycles. The lowest BCUT2D eigenvalue weighted by molar-refractivity contribution is -0.0501. The summed E-state index contributed by atoms with van der Waals surface area (Å²) in [5, 5.41) is 9.24. The van der Waals surface area contributed by atoms with Crippen LogP contribution in [0.25, 0.3) is 11.3 Å². The predicted octanol–water partition coefficient (Wildman–Crippen LogP) is 4.60. The molecule has 138 valence electrons. The van der Waals surface area contributed by atoms with Gasteiger partial charge in [0.15, 0.2) is 0 Å². The van der Waals surface area contributed by atoms with Crippen LogP contribution in [0.2, 0.25) is 0 Å². The third-order valence-corrected chi connectivity index (χ3v) is 3.83. The van der Waals surface area contributed by atoms with E-state index in [9.17, 15) is 22.0 Å². The van der Waals surface area contributed by atoms with E-state index in [0.29, 0.717) is 29.1 Å². The highest BCUT2D eigenvalue weighted by Gasteiger charge is 2.24. The van der Waals surface area contributed by atoms with E-state index in [-0.39, 0.29) is 11.5 Å². The molecule has 0 amide bonds. The topological polar surface area (TPSA) is 62.3 Å². The summed E-state index contributed by atoms with van der Waals surface area (Å²) in [6, 6.07) is 4.94. The summed E-state index contributed by atoms with van der Waals surface area (Å²) in [5.41, 5.74) is 0.671. The molecule has 4 rings (SSSR count). The molecule has 2 heterocycles. The van der Waals surface area contributed by atoms with Gasteiger partial charge in [0.05, 0.1) is 28.8 Å². The number of H-pyrrole nitrogens is 1. The van der Waals surface area contributed by atoms with Gasteiger partial charge in [0, 0.05) is 17.7 Å². The standard InChI is InChI=1S/C17H9F5N4O/c18-7-1-2-12-9(3-7)15-13(6-23-26-15)25-16(24-12)14-10(19)4-8(5-11(14)20)27-17(21)22/h1-6,17H,(H,23,26)(H,24,25). The molecule has 0 unspecified atom stereocenters. The molecule has 27 heavy (non-hydrogen) atoms. The largest absolute Gasteiger partial charge is 0.435 e. The van der Waals surface area contributed by atoms with Crippen LogP contribution in [0.15, 0.2) is 41.5 Å². The highest BCUT2D eigenvalue weighted by atomic mass is 19.3. The first kappa shape index (κ1) is 17.0. The van der Waals surface area contributed by atoms with Crippen LogP contribution in [0.4, 0.5) is 33.3 Å². The van der Waals surface area contributed by atoms with Gasteiger partial charge in [-0.25, -0.2) is 18.2 Å². The molecule has 0 radical (unpaired) electrons. The van der Waals surface area contributed by atoms with Crippen LogP contribution in [0.5, 0.6) is 5.75 Å². The Kier molecular flexibility index (Phi) is 4.02. The highest BCUT2D eigenvalue weighted by molar-refractivity contribution is 6.13. The maximum atomic E-state index is 14.5. The summed E-state index contributed by atoms with van der Waals surface area (Å²) in [6.07, 6.45) is 1.34. The van der Waals surface area contributed by atoms with Crippen molar-refractivity contribution < 1.29 is 26.7 Å². The molecule has 2 aromatic carbocycles. The number of fused-ring (bicyclic) bond motifs is 3. The zero-order valence-electron chi connectivity index (χ0n) is 13.2. The SMILES string of the molecule is Fc1ccc2c(c1)-c1[nH]ncc1NC(c1c(F)cc(OC(F)F)cc1F)=N2. The average Bonchev–Trinajstić information content (AvgIpc) is 2.97. The number of hydrogen-bond donors (Lipinski definition) is 2. The molecule has 1 aliphatic rings. The number of rotatable bonds is 3. The Morgan fingerprint density at radius 3 is 2.44 bits per heavy atom. The van der Waals surface area contributed by atoms with Crippen LogP contribution in [0, 0.1) is 17.5 Å². The maximum Gasteiger partial charge on any atom is 0.387 e. The van der Waals surface area contributed by atoms with Crippen LogP contribution in [0.3, 0.4) is 0 Å². The Labute approximate surface area is 148 Å². The maximum absolute atomic E-state index is 14.5. The Bertz CT molecular complexity index is 1040. The van der Waals surface area contributed by atoms with Crippen molar-refractivity contribution in [2.45, 2.75) is 6.61 Å². The van der Waals surface area contributed by atoms with Gasteiger partial charge in [-0.15, -0.1) is 0 Å². The quantitative estimate of drug-likeness (QED) is 0.653. The number of anilines is 1. The van der Waals surface area contributed by atoms with Gasteiger partial charge in [-0.05, 0) is 18.2 Å². The molecule has 0 fully saturated rings. The fourth-order valence-electron chi connectivity index (χ4n) is 2.73. The van der Waals surface area contributed by atoms with E-state index < -0.39 is 35.4 Å². The normalized spacial score (nSPS) is 12.7. The molecule has 0 spiro atoms. The fourth-order valence-corrected chi connectivity index (χ4v) is 2.73. The third-order valence-electron chi connectivity index (χ3n) is 3.83. The zero-order chi connectivity index (χ0) is 19.1. The average molecular weight is 380 g/mol. The summed E-state index contributed by atoms with van der Waals surface area (Å²) >= 11 is 0. The van der Waals surface area contributed by atoms with E-state index in [4.69, 9.17) is 0 Å². The summed E-state index contributed by atoms with van der Waals surface area (Å²) in [6.45, 7) is -3.22. The number of aromatic nitrogens is 2. The second kappa shape index (κ2) is 6.38. The molecular weight excluding hydrogens is 371 g/mol. The molecule has 1 aromatic heterocycles. The Morgan fingerprint density at radius 2 is 1.74 bits per heavy atom. The minimum Gasteiger partial charge on any atom is -0.435 e. The van der Waals surface area contributed by atoms with E-state index >= 15 is 0 Å². The molecular formula is C17H9F5N4O. The fraction of sp³-hybridized carbons (Fsp3) is 0.0588. The van der Waals surface area contributed by atoms with Gasteiger partial charge in [0.25, 0.3) is 0 Å². The smallest absolute Gasteiger partial charge is 0.387 e. The number of nitrogens with zero attached hydrogens (tertiary/aromatic N) is 2.